The van der Waals surface area contributed by atoms with Gasteiger partial charge < -0.3 is 24.3 Å². The number of nitrogens with one attached hydrogen (secondary N) is 1. The van der Waals surface area contributed by atoms with Crippen molar-refractivity contribution in [3.63, 3.8) is 0 Å². The zero-order valence-corrected chi connectivity index (χ0v) is 15.8. The van der Waals surface area contributed by atoms with Crippen molar-refractivity contribution in [1.82, 2.24) is 5.32 Å². The first-order chi connectivity index (χ1) is 13.0. The van der Waals surface area contributed by atoms with Gasteiger partial charge in [-0.15, -0.1) is 0 Å². The number of hydrogen-bond donors (Lipinski definition) is 1. The molecule has 0 aliphatic heterocycles. The van der Waals surface area contributed by atoms with Gasteiger partial charge in [-0.1, -0.05) is 0 Å². The summed E-state index contributed by atoms with van der Waals surface area (Å²) in [5.41, 5.74) is 0. The van der Waals surface area contributed by atoms with Crippen LogP contribution in [-0.4, -0.2) is 51.3 Å². The molecule has 0 spiro atoms. The first-order valence-electron chi connectivity index (χ1n) is 8.90. The van der Waals surface area contributed by atoms with Crippen LogP contribution in [0.25, 0.3) is 0 Å². The zero-order valence-electron chi connectivity index (χ0n) is 15.8. The van der Waals surface area contributed by atoms with Crippen LogP contribution in [0.4, 0.5) is 0 Å². The van der Waals surface area contributed by atoms with Gasteiger partial charge in [0.25, 0.3) is 5.91 Å². The van der Waals surface area contributed by atoms with Crippen LogP contribution < -0.4 is 14.8 Å². The summed E-state index contributed by atoms with van der Waals surface area (Å²) in [5, 5.41) is 2.57. The lowest BCUT2D eigenvalue weighted by molar-refractivity contribution is -0.148. The van der Waals surface area contributed by atoms with E-state index in [0.717, 1.165) is 5.75 Å². The van der Waals surface area contributed by atoms with Gasteiger partial charge in [0.05, 0.1) is 20.3 Å². The largest absolute Gasteiger partial charge is 0.497 e. The molecule has 0 saturated heterocycles. The standard InChI is InChI=1S/C19H27NO7/c1-3-25-18(22)6-4-12-20-17(21)14-27-19(23)7-5-13-26-16-10-8-15(24-2)9-11-16/h8-11H,3-7,12-14H2,1-2H3,(H,20,21). The van der Waals surface area contributed by atoms with E-state index in [1.54, 1.807) is 38.3 Å². The molecule has 0 aromatic heterocycles. The summed E-state index contributed by atoms with van der Waals surface area (Å²) in [4.78, 5) is 34.3. The third-order valence-electron chi connectivity index (χ3n) is 3.40. The molecule has 1 amide bonds. The fourth-order valence-electron chi connectivity index (χ4n) is 2.04. The average Bonchev–Trinajstić information content (AvgIpc) is 2.67. The van der Waals surface area contributed by atoms with Crippen molar-refractivity contribution in [2.75, 3.05) is 33.5 Å². The smallest absolute Gasteiger partial charge is 0.306 e. The first kappa shape index (κ1) is 22.3. The van der Waals surface area contributed by atoms with Gasteiger partial charge in [0.2, 0.25) is 0 Å². The molecule has 1 aromatic rings. The molecule has 0 unspecified atom stereocenters. The van der Waals surface area contributed by atoms with Gasteiger partial charge in [-0.3, -0.25) is 14.4 Å². The Balaban J connectivity index is 2.04. The molecule has 0 bridgehead atoms. The van der Waals surface area contributed by atoms with Gasteiger partial charge >= 0.3 is 11.9 Å². The van der Waals surface area contributed by atoms with E-state index >= 15 is 0 Å². The summed E-state index contributed by atoms with van der Waals surface area (Å²) in [6.07, 6.45) is 1.35. The van der Waals surface area contributed by atoms with Crippen LogP contribution in [0.15, 0.2) is 24.3 Å². The number of carbonyl (C=O) groups is 3. The highest BCUT2D eigenvalue weighted by atomic mass is 16.5. The van der Waals surface area contributed by atoms with Crippen LogP contribution in [0, 0.1) is 0 Å². The lowest BCUT2D eigenvalue weighted by Gasteiger charge is -2.08. The summed E-state index contributed by atoms with van der Waals surface area (Å²) in [6, 6.07) is 7.14. The second-order valence-corrected chi connectivity index (χ2v) is 5.55. The Bertz CT molecular complexity index is 586. The van der Waals surface area contributed by atoms with Gasteiger partial charge in [-0.25, -0.2) is 0 Å². The fraction of sp³-hybridized carbons (Fsp3) is 0.526. The van der Waals surface area contributed by atoms with E-state index in [0.29, 0.717) is 38.3 Å². The molecule has 1 N–H and O–H groups in total. The third kappa shape index (κ3) is 10.7. The summed E-state index contributed by atoms with van der Waals surface area (Å²) in [6.45, 7) is 2.43. The normalized spacial score (nSPS) is 10.0. The molecule has 8 heteroatoms. The minimum atomic E-state index is -0.463. The number of esters is 2. The molecule has 0 saturated carbocycles. The molecule has 8 nitrogen and oxygen atoms in total. The van der Waals surface area contributed by atoms with Crippen LogP contribution in [-0.2, 0) is 23.9 Å². The molecule has 0 atom stereocenters. The first-order valence-corrected chi connectivity index (χ1v) is 8.90. The number of amides is 1. The quantitative estimate of drug-likeness (QED) is 0.411. The maximum Gasteiger partial charge on any atom is 0.306 e. The van der Waals surface area contributed by atoms with Crippen molar-refractivity contribution in [1.29, 1.82) is 0 Å². The molecule has 1 aromatic carbocycles. The Morgan fingerprint density at radius 3 is 2.22 bits per heavy atom. The Morgan fingerprint density at radius 2 is 1.56 bits per heavy atom. The average molecular weight is 381 g/mol. The highest BCUT2D eigenvalue weighted by molar-refractivity contribution is 5.80. The van der Waals surface area contributed by atoms with Crippen molar-refractivity contribution >= 4 is 17.8 Å². The van der Waals surface area contributed by atoms with Gasteiger partial charge in [0, 0.05) is 19.4 Å². The lowest BCUT2D eigenvalue weighted by atomic mass is 10.3. The maximum atomic E-state index is 11.6. The molecule has 0 aliphatic rings. The number of ether oxygens (including phenoxy) is 4. The van der Waals surface area contributed by atoms with Gasteiger partial charge in [0.15, 0.2) is 6.61 Å². The van der Waals surface area contributed by atoms with Gasteiger partial charge in [0.1, 0.15) is 11.5 Å². The number of hydrogen-bond acceptors (Lipinski definition) is 7. The molecule has 0 heterocycles. The summed E-state index contributed by atoms with van der Waals surface area (Å²) in [7, 11) is 1.59. The molecule has 27 heavy (non-hydrogen) atoms. The van der Waals surface area contributed by atoms with E-state index in [1.165, 1.54) is 0 Å². The van der Waals surface area contributed by atoms with Crippen LogP contribution in [0.3, 0.4) is 0 Å². The highest BCUT2D eigenvalue weighted by Crippen LogP contribution is 2.17. The van der Waals surface area contributed by atoms with Crippen LogP contribution in [0.1, 0.15) is 32.6 Å². The minimum absolute atomic E-state index is 0.159. The van der Waals surface area contributed by atoms with E-state index in [1.807, 2.05) is 0 Å². The predicted molar refractivity (Wildman–Crippen MR) is 97.6 cm³/mol. The van der Waals surface area contributed by atoms with E-state index in [2.05, 4.69) is 5.32 Å². The topological polar surface area (TPSA) is 100 Å². The van der Waals surface area contributed by atoms with Crippen molar-refractivity contribution in [3.8, 4) is 11.5 Å². The summed E-state index contributed by atoms with van der Waals surface area (Å²) < 4.78 is 20.2. The number of benzene rings is 1. The van der Waals surface area contributed by atoms with Crippen molar-refractivity contribution in [2.24, 2.45) is 0 Å². The number of carbonyl (C=O) groups excluding carboxylic acids is 3. The Morgan fingerprint density at radius 1 is 0.926 bits per heavy atom. The fourth-order valence-corrected chi connectivity index (χ4v) is 2.04. The second-order valence-electron chi connectivity index (χ2n) is 5.55. The molecular weight excluding hydrogens is 354 g/mol. The van der Waals surface area contributed by atoms with Crippen molar-refractivity contribution in [2.45, 2.75) is 32.6 Å². The van der Waals surface area contributed by atoms with E-state index < -0.39 is 11.9 Å². The molecule has 0 fully saturated rings. The van der Waals surface area contributed by atoms with Crippen LogP contribution in [0.2, 0.25) is 0 Å². The lowest BCUT2D eigenvalue weighted by Crippen LogP contribution is -2.30. The van der Waals surface area contributed by atoms with Crippen LogP contribution in [0.5, 0.6) is 11.5 Å². The summed E-state index contributed by atoms with van der Waals surface area (Å²) in [5.74, 6) is 0.267. The van der Waals surface area contributed by atoms with Gasteiger partial charge in [-0.2, -0.15) is 0 Å². The maximum absolute atomic E-state index is 11.6. The second kappa shape index (κ2) is 13.4. The Kier molecular flexibility index (Phi) is 11.1. The zero-order chi connectivity index (χ0) is 19.9. The summed E-state index contributed by atoms with van der Waals surface area (Å²) >= 11 is 0. The minimum Gasteiger partial charge on any atom is -0.497 e. The molecule has 0 aliphatic carbocycles. The van der Waals surface area contributed by atoms with Crippen molar-refractivity contribution < 1.29 is 33.3 Å². The van der Waals surface area contributed by atoms with E-state index in [9.17, 15) is 14.4 Å². The SMILES string of the molecule is CCOC(=O)CCCNC(=O)COC(=O)CCCOc1ccc(OC)cc1. The highest BCUT2D eigenvalue weighted by Gasteiger charge is 2.08. The number of rotatable bonds is 13. The Labute approximate surface area is 159 Å². The van der Waals surface area contributed by atoms with Crippen LogP contribution >= 0.6 is 0 Å². The molecular formula is C19H27NO7. The van der Waals surface area contributed by atoms with E-state index in [4.69, 9.17) is 18.9 Å². The third-order valence-corrected chi connectivity index (χ3v) is 3.40. The molecule has 1 rings (SSSR count). The van der Waals surface area contributed by atoms with E-state index in [-0.39, 0.29) is 25.4 Å². The molecule has 150 valence electrons. The Hall–Kier alpha value is -2.77. The van der Waals surface area contributed by atoms with Crippen molar-refractivity contribution in [3.05, 3.63) is 24.3 Å². The monoisotopic (exact) mass is 381 g/mol. The predicted octanol–water partition coefficient (Wildman–Crippen LogP) is 1.86. The number of methoxy groups -OCH3 is 1. The molecule has 0 radical (unpaired) electrons. The van der Waals surface area contributed by atoms with Gasteiger partial charge in [-0.05, 0) is 44.0 Å².